The summed E-state index contributed by atoms with van der Waals surface area (Å²) in [6.07, 6.45) is 0. The molecular formula is C12H12BrN3. The molecule has 0 atom stereocenters. The van der Waals surface area contributed by atoms with Crippen LogP contribution in [-0.2, 0) is 20.1 Å². The zero-order chi connectivity index (χ0) is 11.1. The number of benzene rings is 1. The minimum Gasteiger partial charge on any atom is -0.307 e. The maximum atomic E-state index is 4.54. The van der Waals surface area contributed by atoms with E-state index in [9.17, 15) is 0 Å². The summed E-state index contributed by atoms with van der Waals surface area (Å²) in [6, 6.07) is 8.28. The fourth-order valence-electron chi connectivity index (χ4n) is 2.25. The second-order valence-electron chi connectivity index (χ2n) is 3.98. The van der Waals surface area contributed by atoms with Crippen LogP contribution in [-0.4, -0.2) is 9.78 Å². The van der Waals surface area contributed by atoms with E-state index >= 15 is 0 Å². The highest BCUT2D eigenvalue weighted by Gasteiger charge is 2.22. The maximum Gasteiger partial charge on any atom is 0.0814 e. The van der Waals surface area contributed by atoms with E-state index in [0.717, 1.165) is 17.6 Å². The molecule has 2 aromatic rings. The summed E-state index contributed by atoms with van der Waals surface area (Å²) in [7, 11) is 2.01. The molecular weight excluding hydrogens is 266 g/mol. The van der Waals surface area contributed by atoms with E-state index in [1.54, 1.807) is 0 Å². The van der Waals surface area contributed by atoms with Crippen molar-refractivity contribution in [2.45, 2.75) is 13.1 Å². The predicted molar refractivity (Wildman–Crippen MR) is 66.9 cm³/mol. The first kappa shape index (κ1) is 10.1. The van der Waals surface area contributed by atoms with Crippen molar-refractivity contribution in [3.8, 4) is 11.3 Å². The van der Waals surface area contributed by atoms with Crippen molar-refractivity contribution in [2.24, 2.45) is 7.05 Å². The van der Waals surface area contributed by atoms with E-state index in [4.69, 9.17) is 0 Å². The van der Waals surface area contributed by atoms with Gasteiger partial charge in [0.1, 0.15) is 0 Å². The molecule has 4 heteroatoms. The van der Waals surface area contributed by atoms with E-state index in [-0.39, 0.29) is 0 Å². The zero-order valence-electron chi connectivity index (χ0n) is 9.00. The molecule has 0 saturated carbocycles. The lowest BCUT2D eigenvalue weighted by molar-refractivity contribution is 0.693. The highest BCUT2D eigenvalue weighted by molar-refractivity contribution is 9.10. The lowest BCUT2D eigenvalue weighted by Crippen LogP contribution is -2.06. The van der Waals surface area contributed by atoms with Gasteiger partial charge in [0.05, 0.1) is 11.4 Å². The van der Waals surface area contributed by atoms with Gasteiger partial charge in [0.25, 0.3) is 0 Å². The predicted octanol–water partition coefficient (Wildman–Crippen LogP) is 2.45. The smallest absolute Gasteiger partial charge is 0.0814 e. The lowest BCUT2D eigenvalue weighted by atomic mass is 10.1. The normalized spacial score (nSPS) is 14.1. The summed E-state index contributed by atoms with van der Waals surface area (Å²) < 4.78 is 3.10. The second kappa shape index (κ2) is 3.71. The number of hydrogen-bond acceptors (Lipinski definition) is 2. The van der Waals surface area contributed by atoms with Crippen LogP contribution in [0.25, 0.3) is 11.3 Å². The van der Waals surface area contributed by atoms with Crippen molar-refractivity contribution in [3.63, 3.8) is 0 Å². The van der Waals surface area contributed by atoms with Gasteiger partial charge in [-0.25, -0.2) is 0 Å². The Bertz CT molecular complexity index is 545. The minimum atomic E-state index is 0.883. The largest absolute Gasteiger partial charge is 0.307 e. The van der Waals surface area contributed by atoms with Crippen LogP contribution in [0.1, 0.15) is 11.3 Å². The number of aromatic nitrogens is 2. The van der Waals surface area contributed by atoms with Crippen molar-refractivity contribution >= 4 is 15.9 Å². The van der Waals surface area contributed by atoms with Gasteiger partial charge in [0.15, 0.2) is 0 Å². The zero-order valence-corrected chi connectivity index (χ0v) is 10.6. The van der Waals surface area contributed by atoms with Crippen molar-refractivity contribution in [2.75, 3.05) is 0 Å². The Labute approximate surface area is 103 Å². The molecule has 3 nitrogen and oxygen atoms in total. The van der Waals surface area contributed by atoms with E-state index in [1.165, 1.54) is 22.5 Å². The summed E-state index contributed by atoms with van der Waals surface area (Å²) in [5, 5.41) is 7.88. The summed E-state index contributed by atoms with van der Waals surface area (Å²) in [4.78, 5) is 0. The van der Waals surface area contributed by atoms with Gasteiger partial charge in [-0.05, 0) is 6.07 Å². The molecule has 2 heterocycles. The number of nitrogens with one attached hydrogen (secondary N) is 1. The first-order valence-electron chi connectivity index (χ1n) is 5.27. The van der Waals surface area contributed by atoms with Gasteiger partial charge in [-0.1, -0.05) is 34.1 Å². The Kier molecular flexibility index (Phi) is 2.33. The van der Waals surface area contributed by atoms with Crippen LogP contribution in [0.5, 0.6) is 0 Å². The van der Waals surface area contributed by atoms with E-state index in [2.05, 4.69) is 44.5 Å². The van der Waals surface area contributed by atoms with Gasteiger partial charge in [-0.15, -0.1) is 0 Å². The first-order chi connectivity index (χ1) is 7.77. The SMILES string of the molecule is Cn1nc2c(c1-c1ccccc1Br)CNC2. The Balaban J connectivity index is 2.24. The molecule has 0 aliphatic carbocycles. The van der Waals surface area contributed by atoms with Crippen LogP contribution in [0.3, 0.4) is 0 Å². The summed E-state index contributed by atoms with van der Waals surface area (Å²) in [5.74, 6) is 0. The van der Waals surface area contributed by atoms with Crippen LogP contribution in [0.4, 0.5) is 0 Å². The molecule has 0 radical (unpaired) electrons. The quantitative estimate of drug-likeness (QED) is 0.868. The molecule has 1 aromatic carbocycles. The van der Waals surface area contributed by atoms with Crippen molar-refractivity contribution < 1.29 is 0 Å². The number of nitrogens with zero attached hydrogens (tertiary/aromatic N) is 2. The average molecular weight is 278 g/mol. The Morgan fingerprint density at radius 3 is 2.94 bits per heavy atom. The molecule has 1 N–H and O–H groups in total. The molecule has 0 bridgehead atoms. The molecule has 3 rings (SSSR count). The third-order valence-corrected chi connectivity index (χ3v) is 3.64. The average Bonchev–Trinajstić information content (AvgIpc) is 2.79. The fraction of sp³-hybridized carbons (Fsp3) is 0.250. The standard InChI is InChI=1S/C12H12BrN3/c1-16-12(8-4-2-3-5-10(8)13)9-6-14-7-11(9)15-16/h2-5,14H,6-7H2,1H3. The van der Waals surface area contributed by atoms with Crippen molar-refractivity contribution in [1.29, 1.82) is 0 Å². The molecule has 0 amide bonds. The minimum absolute atomic E-state index is 0.883. The molecule has 1 aliphatic heterocycles. The summed E-state index contributed by atoms with van der Waals surface area (Å²) in [5.41, 5.74) is 4.93. The van der Waals surface area contributed by atoms with Crippen molar-refractivity contribution in [1.82, 2.24) is 15.1 Å². The molecule has 16 heavy (non-hydrogen) atoms. The van der Waals surface area contributed by atoms with Gasteiger partial charge in [0, 0.05) is 35.7 Å². The Morgan fingerprint density at radius 2 is 2.12 bits per heavy atom. The van der Waals surface area contributed by atoms with E-state index < -0.39 is 0 Å². The molecule has 1 aliphatic rings. The highest BCUT2D eigenvalue weighted by atomic mass is 79.9. The second-order valence-corrected chi connectivity index (χ2v) is 4.84. The van der Waals surface area contributed by atoms with Crippen LogP contribution < -0.4 is 5.32 Å². The van der Waals surface area contributed by atoms with Gasteiger partial charge in [-0.2, -0.15) is 5.10 Å². The van der Waals surface area contributed by atoms with Crippen LogP contribution in [0, 0.1) is 0 Å². The number of rotatable bonds is 1. The van der Waals surface area contributed by atoms with Crippen LogP contribution in [0.15, 0.2) is 28.7 Å². The lowest BCUT2D eigenvalue weighted by Gasteiger charge is -2.07. The van der Waals surface area contributed by atoms with Gasteiger partial charge in [0.2, 0.25) is 0 Å². The number of halogens is 1. The van der Waals surface area contributed by atoms with Gasteiger partial charge in [-0.3, -0.25) is 4.68 Å². The number of hydrogen-bond donors (Lipinski definition) is 1. The number of aryl methyl sites for hydroxylation is 1. The van der Waals surface area contributed by atoms with E-state index in [0.29, 0.717) is 0 Å². The maximum absolute atomic E-state index is 4.54. The molecule has 0 unspecified atom stereocenters. The first-order valence-corrected chi connectivity index (χ1v) is 6.07. The van der Waals surface area contributed by atoms with Gasteiger partial charge >= 0.3 is 0 Å². The fourth-order valence-corrected chi connectivity index (χ4v) is 2.72. The Hall–Kier alpha value is -1.13. The Morgan fingerprint density at radius 1 is 1.31 bits per heavy atom. The molecule has 0 saturated heterocycles. The highest BCUT2D eigenvalue weighted by Crippen LogP contribution is 2.33. The molecule has 1 aromatic heterocycles. The summed E-state index contributed by atoms with van der Waals surface area (Å²) in [6.45, 7) is 1.80. The monoisotopic (exact) mass is 277 g/mol. The third-order valence-electron chi connectivity index (χ3n) is 2.95. The topological polar surface area (TPSA) is 29.9 Å². The van der Waals surface area contributed by atoms with Crippen LogP contribution in [0.2, 0.25) is 0 Å². The third kappa shape index (κ3) is 1.41. The van der Waals surface area contributed by atoms with Gasteiger partial charge < -0.3 is 5.32 Å². The van der Waals surface area contributed by atoms with E-state index in [1.807, 2.05) is 17.8 Å². The van der Waals surface area contributed by atoms with Crippen molar-refractivity contribution in [3.05, 3.63) is 40.0 Å². The molecule has 0 spiro atoms. The summed E-state index contributed by atoms with van der Waals surface area (Å²) >= 11 is 3.60. The number of fused-ring (bicyclic) bond motifs is 1. The van der Waals surface area contributed by atoms with Crippen LogP contribution >= 0.6 is 15.9 Å². The molecule has 82 valence electrons. The molecule has 0 fully saturated rings.